The topological polar surface area (TPSA) is 40.5 Å². The minimum Gasteiger partial charge on any atom is -0.391 e. The molecule has 2 N–H and O–H groups in total. The summed E-state index contributed by atoms with van der Waals surface area (Å²) in [6.07, 6.45) is -0.656. The lowest BCUT2D eigenvalue weighted by molar-refractivity contribution is 0.0215. The van der Waals surface area contributed by atoms with Gasteiger partial charge in [0.15, 0.2) is 11.6 Å². The van der Waals surface area contributed by atoms with E-state index in [1.807, 2.05) is 6.92 Å². The molecular weight excluding hydrogens is 226 g/mol. The van der Waals surface area contributed by atoms with Crippen molar-refractivity contribution in [2.24, 2.45) is 0 Å². The predicted octanol–water partition coefficient (Wildman–Crippen LogP) is 2.59. The molecule has 0 aromatic heterocycles. The highest BCUT2D eigenvalue weighted by molar-refractivity contribution is 5.22. The monoisotopic (exact) mass is 244 g/mol. The molecule has 0 saturated heterocycles. The predicted molar refractivity (Wildman–Crippen MR) is 61.7 cm³/mol. The SMILES string of the molecule is CCC(CC(O)C(C)O)c1ccc(F)c(F)c1. The molecule has 96 valence electrons. The third-order valence-electron chi connectivity index (χ3n) is 2.99. The second-order valence-corrected chi connectivity index (χ2v) is 4.32. The van der Waals surface area contributed by atoms with E-state index < -0.39 is 23.8 Å². The van der Waals surface area contributed by atoms with Crippen LogP contribution >= 0.6 is 0 Å². The Hall–Kier alpha value is -1.00. The van der Waals surface area contributed by atoms with E-state index in [-0.39, 0.29) is 5.92 Å². The van der Waals surface area contributed by atoms with E-state index in [0.29, 0.717) is 18.4 Å². The first-order valence-corrected chi connectivity index (χ1v) is 5.76. The van der Waals surface area contributed by atoms with Gasteiger partial charge < -0.3 is 10.2 Å². The summed E-state index contributed by atoms with van der Waals surface area (Å²) in [5.41, 5.74) is 0.645. The Bertz CT molecular complexity index is 366. The van der Waals surface area contributed by atoms with Crippen LogP contribution in [0.4, 0.5) is 8.78 Å². The number of hydrogen-bond acceptors (Lipinski definition) is 2. The van der Waals surface area contributed by atoms with E-state index in [4.69, 9.17) is 0 Å². The van der Waals surface area contributed by atoms with Crippen LogP contribution in [-0.2, 0) is 0 Å². The zero-order valence-electron chi connectivity index (χ0n) is 10.0. The van der Waals surface area contributed by atoms with Crippen molar-refractivity contribution in [3.05, 3.63) is 35.4 Å². The first kappa shape index (κ1) is 14.1. The molecule has 3 unspecified atom stereocenters. The Labute approximate surface area is 99.9 Å². The molecule has 2 nitrogen and oxygen atoms in total. The Morgan fingerprint density at radius 3 is 2.29 bits per heavy atom. The van der Waals surface area contributed by atoms with E-state index in [0.717, 1.165) is 12.1 Å². The average Bonchev–Trinajstić information content (AvgIpc) is 2.29. The van der Waals surface area contributed by atoms with Crippen LogP contribution in [0.15, 0.2) is 18.2 Å². The number of halogens is 2. The highest BCUT2D eigenvalue weighted by Crippen LogP contribution is 2.26. The molecule has 3 atom stereocenters. The first-order valence-electron chi connectivity index (χ1n) is 5.76. The molecule has 0 bridgehead atoms. The van der Waals surface area contributed by atoms with Crippen molar-refractivity contribution in [1.29, 1.82) is 0 Å². The molecule has 0 saturated carbocycles. The van der Waals surface area contributed by atoms with Crippen LogP contribution in [0, 0.1) is 11.6 Å². The lowest BCUT2D eigenvalue weighted by Gasteiger charge is -2.21. The van der Waals surface area contributed by atoms with Crippen LogP contribution in [0.1, 0.15) is 38.2 Å². The maximum Gasteiger partial charge on any atom is 0.159 e. The van der Waals surface area contributed by atoms with Gasteiger partial charge in [0.25, 0.3) is 0 Å². The van der Waals surface area contributed by atoms with Crippen LogP contribution in [0.3, 0.4) is 0 Å². The summed E-state index contributed by atoms with van der Waals surface area (Å²) in [6.45, 7) is 3.41. The lowest BCUT2D eigenvalue weighted by atomic mass is 9.89. The molecule has 1 rings (SSSR count). The molecule has 0 aliphatic rings. The second-order valence-electron chi connectivity index (χ2n) is 4.32. The molecule has 0 aliphatic carbocycles. The van der Waals surface area contributed by atoms with Crippen LogP contribution < -0.4 is 0 Å². The highest BCUT2D eigenvalue weighted by Gasteiger charge is 2.19. The molecule has 0 heterocycles. The molecule has 1 aromatic carbocycles. The fraction of sp³-hybridized carbons (Fsp3) is 0.538. The first-order chi connectivity index (χ1) is 7.95. The van der Waals surface area contributed by atoms with Crippen molar-refractivity contribution in [3.63, 3.8) is 0 Å². The van der Waals surface area contributed by atoms with Crippen LogP contribution in [0.5, 0.6) is 0 Å². The maximum atomic E-state index is 13.1. The van der Waals surface area contributed by atoms with E-state index in [9.17, 15) is 19.0 Å². The van der Waals surface area contributed by atoms with Crippen LogP contribution in [0.25, 0.3) is 0 Å². The molecule has 0 aliphatic heterocycles. The van der Waals surface area contributed by atoms with Gasteiger partial charge in [0, 0.05) is 0 Å². The minimum atomic E-state index is -0.882. The van der Waals surface area contributed by atoms with Gasteiger partial charge in [0.05, 0.1) is 12.2 Å². The Morgan fingerprint density at radius 2 is 1.82 bits per heavy atom. The average molecular weight is 244 g/mol. The summed E-state index contributed by atoms with van der Waals surface area (Å²) < 4.78 is 25.9. The van der Waals surface area contributed by atoms with E-state index in [1.54, 1.807) is 0 Å². The highest BCUT2D eigenvalue weighted by atomic mass is 19.2. The van der Waals surface area contributed by atoms with Gasteiger partial charge in [-0.3, -0.25) is 0 Å². The van der Waals surface area contributed by atoms with Crippen molar-refractivity contribution >= 4 is 0 Å². The molecule has 0 spiro atoms. The van der Waals surface area contributed by atoms with Gasteiger partial charge >= 0.3 is 0 Å². The molecule has 4 heteroatoms. The minimum absolute atomic E-state index is 0.0882. The molecule has 17 heavy (non-hydrogen) atoms. The van der Waals surface area contributed by atoms with Crippen molar-refractivity contribution < 1.29 is 19.0 Å². The molecule has 0 amide bonds. The Balaban J connectivity index is 2.82. The largest absolute Gasteiger partial charge is 0.391 e. The molecule has 0 radical (unpaired) electrons. The van der Waals surface area contributed by atoms with Crippen LogP contribution in [-0.4, -0.2) is 22.4 Å². The summed E-state index contributed by atoms with van der Waals surface area (Å²) in [5.74, 6) is -1.85. The Kier molecular flexibility index (Phi) is 5.02. The molecule has 0 fully saturated rings. The number of aliphatic hydroxyl groups excluding tert-OH is 2. The van der Waals surface area contributed by atoms with Crippen molar-refractivity contribution in [2.45, 2.75) is 44.8 Å². The lowest BCUT2D eigenvalue weighted by Crippen LogP contribution is -2.24. The van der Waals surface area contributed by atoms with E-state index in [1.165, 1.54) is 13.0 Å². The van der Waals surface area contributed by atoms with Gasteiger partial charge in [-0.2, -0.15) is 0 Å². The zero-order valence-corrected chi connectivity index (χ0v) is 10.0. The van der Waals surface area contributed by atoms with Gasteiger partial charge in [-0.05, 0) is 43.4 Å². The van der Waals surface area contributed by atoms with Gasteiger partial charge in [0.1, 0.15) is 0 Å². The smallest absolute Gasteiger partial charge is 0.159 e. The van der Waals surface area contributed by atoms with Crippen molar-refractivity contribution in [3.8, 4) is 0 Å². The number of rotatable bonds is 5. The fourth-order valence-electron chi connectivity index (χ4n) is 1.79. The quantitative estimate of drug-likeness (QED) is 0.835. The molecular formula is C13H18F2O2. The van der Waals surface area contributed by atoms with Crippen molar-refractivity contribution in [2.75, 3.05) is 0 Å². The number of benzene rings is 1. The molecule has 1 aromatic rings. The van der Waals surface area contributed by atoms with Gasteiger partial charge in [-0.15, -0.1) is 0 Å². The third kappa shape index (κ3) is 3.75. The van der Waals surface area contributed by atoms with Crippen LogP contribution in [0.2, 0.25) is 0 Å². The summed E-state index contributed by atoms with van der Waals surface area (Å²) in [7, 11) is 0. The van der Waals surface area contributed by atoms with E-state index in [2.05, 4.69) is 0 Å². The van der Waals surface area contributed by atoms with Gasteiger partial charge in [0.2, 0.25) is 0 Å². The maximum absolute atomic E-state index is 13.1. The summed E-state index contributed by atoms with van der Waals surface area (Å²) in [4.78, 5) is 0. The second kappa shape index (κ2) is 6.07. The Morgan fingerprint density at radius 1 is 1.18 bits per heavy atom. The summed E-state index contributed by atoms with van der Waals surface area (Å²) in [5, 5.41) is 18.8. The zero-order chi connectivity index (χ0) is 13.0. The number of hydrogen-bond donors (Lipinski definition) is 2. The third-order valence-corrected chi connectivity index (χ3v) is 2.99. The normalized spacial score (nSPS) is 16.6. The van der Waals surface area contributed by atoms with Gasteiger partial charge in [-0.25, -0.2) is 8.78 Å². The fourth-order valence-corrected chi connectivity index (χ4v) is 1.79. The summed E-state index contributed by atoms with van der Waals surface area (Å²) >= 11 is 0. The summed E-state index contributed by atoms with van der Waals surface area (Å²) in [6, 6.07) is 3.75. The van der Waals surface area contributed by atoms with Crippen molar-refractivity contribution in [1.82, 2.24) is 0 Å². The number of aliphatic hydroxyl groups is 2. The standard InChI is InChI=1S/C13H18F2O2/c1-3-9(7-13(17)8(2)16)10-4-5-11(14)12(15)6-10/h4-6,8-9,13,16-17H,3,7H2,1-2H3. The van der Waals surface area contributed by atoms with E-state index >= 15 is 0 Å². The van der Waals surface area contributed by atoms with Gasteiger partial charge in [-0.1, -0.05) is 13.0 Å².